The van der Waals surface area contributed by atoms with E-state index >= 15 is 0 Å². The van der Waals surface area contributed by atoms with Crippen LogP contribution in [0.1, 0.15) is 24.8 Å². The first-order valence-electron chi connectivity index (χ1n) is 8.58. The third-order valence-electron chi connectivity index (χ3n) is 5.01. The summed E-state index contributed by atoms with van der Waals surface area (Å²) in [5.74, 6) is 0.581. The number of imidazole rings is 1. The van der Waals surface area contributed by atoms with Crippen LogP contribution in [-0.2, 0) is 16.9 Å². The van der Waals surface area contributed by atoms with E-state index in [0.717, 1.165) is 6.26 Å². The molecular formula is C17H22N4O5S. The molecule has 1 aliphatic rings. The molecule has 9 nitrogen and oxygen atoms in total. The maximum atomic E-state index is 11.9. The highest BCUT2D eigenvalue weighted by Crippen LogP contribution is 2.38. The van der Waals surface area contributed by atoms with Gasteiger partial charge in [-0.05, 0) is 30.9 Å². The van der Waals surface area contributed by atoms with Gasteiger partial charge in [0.15, 0.2) is 9.84 Å². The molecule has 10 heteroatoms. The topological polar surface area (TPSA) is 119 Å². The summed E-state index contributed by atoms with van der Waals surface area (Å²) in [4.78, 5) is 16.6. The number of aromatic nitrogens is 2. The first kappa shape index (κ1) is 19.3. The third-order valence-corrected chi connectivity index (χ3v) is 6.14. The van der Waals surface area contributed by atoms with Crippen molar-refractivity contribution in [2.45, 2.75) is 23.8 Å². The lowest BCUT2D eigenvalue weighted by Crippen LogP contribution is -2.36. The zero-order valence-electron chi connectivity index (χ0n) is 15.1. The van der Waals surface area contributed by atoms with Crippen molar-refractivity contribution >= 4 is 21.2 Å². The smallest absolute Gasteiger partial charge is 0.311 e. The van der Waals surface area contributed by atoms with Crippen molar-refractivity contribution in [1.29, 1.82) is 0 Å². The fraction of sp³-hybridized carbons (Fsp3) is 0.471. The summed E-state index contributed by atoms with van der Waals surface area (Å²) in [7, 11) is -1.90. The van der Waals surface area contributed by atoms with Gasteiger partial charge in [-0.2, -0.15) is 0 Å². The van der Waals surface area contributed by atoms with Gasteiger partial charge in [0.25, 0.3) is 0 Å². The number of sulfone groups is 1. The molecule has 27 heavy (non-hydrogen) atoms. The molecule has 2 heterocycles. The van der Waals surface area contributed by atoms with Crippen LogP contribution in [0.25, 0.3) is 0 Å². The Bertz CT molecular complexity index is 948. The van der Waals surface area contributed by atoms with Gasteiger partial charge in [-0.3, -0.25) is 10.1 Å². The number of hydrogen-bond acceptors (Lipinski definition) is 7. The molecule has 0 spiro atoms. The van der Waals surface area contributed by atoms with E-state index in [4.69, 9.17) is 0 Å². The van der Waals surface area contributed by atoms with Crippen LogP contribution in [0.15, 0.2) is 35.5 Å². The minimum Gasteiger partial charge on any atom is -0.385 e. The molecule has 2 aromatic rings. The van der Waals surface area contributed by atoms with Crippen LogP contribution in [0.5, 0.6) is 0 Å². The quantitative estimate of drug-likeness (QED) is 0.605. The molecule has 146 valence electrons. The number of nitrogens with zero attached hydrogens (tertiary/aromatic N) is 4. The molecule has 0 saturated carbocycles. The van der Waals surface area contributed by atoms with Gasteiger partial charge in [0.05, 0.1) is 4.92 Å². The van der Waals surface area contributed by atoms with Crippen molar-refractivity contribution in [1.82, 2.24) is 9.55 Å². The molecular weight excluding hydrogens is 372 g/mol. The summed E-state index contributed by atoms with van der Waals surface area (Å²) in [6.45, 7) is 0.973. The number of piperidine rings is 1. The summed E-state index contributed by atoms with van der Waals surface area (Å²) in [5, 5.41) is 22.1. The summed E-state index contributed by atoms with van der Waals surface area (Å²) in [6, 6.07) is 4.35. The normalized spacial score (nSPS) is 17.1. The average molecular weight is 394 g/mol. The van der Waals surface area contributed by atoms with E-state index in [1.165, 1.54) is 12.1 Å². The van der Waals surface area contributed by atoms with Crippen LogP contribution in [0.4, 0.5) is 11.4 Å². The van der Waals surface area contributed by atoms with Crippen molar-refractivity contribution in [3.8, 4) is 0 Å². The second kappa shape index (κ2) is 7.28. The average Bonchev–Trinajstić information content (AvgIpc) is 3.05. The minimum atomic E-state index is -3.72. The van der Waals surface area contributed by atoms with Crippen LogP contribution in [0.3, 0.4) is 0 Å². The van der Waals surface area contributed by atoms with E-state index in [1.54, 1.807) is 23.0 Å². The summed E-state index contributed by atoms with van der Waals surface area (Å²) >= 11 is 0. The Hall–Kier alpha value is -2.46. The number of para-hydroxylation sites is 1. The Morgan fingerprint density at radius 3 is 2.52 bits per heavy atom. The number of aliphatic hydroxyl groups is 1. The lowest BCUT2D eigenvalue weighted by atomic mass is 9.90. The Morgan fingerprint density at radius 1 is 1.33 bits per heavy atom. The summed E-state index contributed by atoms with van der Waals surface area (Å²) in [6.07, 6.45) is 4.91. The molecule has 1 fully saturated rings. The standard InChI is InChI=1S/C17H22N4O5S/c1-19-11-8-18-17(19)16(22)12-6-9-20(10-7-12)13-4-3-5-14(27(2,25)26)15(13)21(23)24/h3-5,8,11-12,16,22H,6-7,9-10H2,1-2H3. The van der Waals surface area contributed by atoms with Gasteiger partial charge in [-0.25, -0.2) is 13.4 Å². The van der Waals surface area contributed by atoms with E-state index in [2.05, 4.69) is 4.98 Å². The van der Waals surface area contributed by atoms with Crippen molar-refractivity contribution in [3.63, 3.8) is 0 Å². The maximum absolute atomic E-state index is 11.9. The Balaban J connectivity index is 1.82. The number of aryl methyl sites for hydroxylation is 1. The van der Waals surface area contributed by atoms with Gasteiger partial charge in [0, 0.05) is 38.8 Å². The van der Waals surface area contributed by atoms with Gasteiger partial charge >= 0.3 is 5.69 Å². The fourth-order valence-corrected chi connectivity index (χ4v) is 4.43. The number of benzene rings is 1. The predicted molar refractivity (Wildman–Crippen MR) is 99.3 cm³/mol. The largest absolute Gasteiger partial charge is 0.385 e. The molecule has 1 saturated heterocycles. The zero-order chi connectivity index (χ0) is 19.8. The van der Waals surface area contributed by atoms with E-state index in [9.17, 15) is 23.6 Å². The lowest BCUT2D eigenvalue weighted by molar-refractivity contribution is -0.387. The zero-order valence-corrected chi connectivity index (χ0v) is 16.0. The molecule has 1 aromatic heterocycles. The molecule has 1 aliphatic heterocycles. The van der Waals surface area contributed by atoms with E-state index in [-0.39, 0.29) is 16.5 Å². The van der Waals surface area contributed by atoms with Gasteiger partial charge < -0.3 is 14.6 Å². The number of anilines is 1. The molecule has 0 aliphatic carbocycles. The number of rotatable bonds is 5. The molecule has 1 N–H and O–H groups in total. The highest BCUT2D eigenvalue weighted by Gasteiger charge is 2.33. The van der Waals surface area contributed by atoms with Gasteiger partial charge in [0.1, 0.15) is 22.5 Å². The SMILES string of the molecule is Cn1ccnc1C(O)C1CCN(c2cccc(S(C)(=O)=O)c2[N+](=O)[O-])CC1. The lowest BCUT2D eigenvalue weighted by Gasteiger charge is -2.35. The number of hydrogen-bond donors (Lipinski definition) is 1. The molecule has 1 unspecified atom stereocenters. The van der Waals surface area contributed by atoms with Gasteiger partial charge in [0.2, 0.25) is 0 Å². The van der Waals surface area contributed by atoms with Crippen LogP contribution in [-0.4, -0.2) is 47.3 Å². The van der Waals surface area contributed by atoms with Crippen molar-refractivity contribution in [3.05, 3.63) is 46.5 Å². The van der Waals surface area contributed by atoms with E-state index in [0.29, 0.717) is 37.4 Å². The van der Waals surface area contributed by atoms with E-state index in [1.807, 2.05) is 11.9 Å². The number of nitro groups is 1. The van der Waals surface area contributed by atoms with Gasteiger partial charge in [-0.15, -0.1) is 0 Å². The Morgan fingerprint density at radius 2 is 2.00 bits per heavy atom. The van der Waals surface area contributed by atoms with Crippen molar-refractivity contribution in [2.75, 3.05) is 24.2 Å². The summed E-state index contributed by atoms with van der Waals surface area (Å²) < 4.78 is 25.6. The number of nitro benzene ring substituents is 1. The highest BCUT2D eigenvalue weighted by atomic mass is 32.2. The molecule has 0 amide bonds. The maximum Gasteiger partial charge on any atom is 0.311 e. The second-order valence-corrected chi connectivity index (χ2v) is 8.80. The molecule has 0 bridgehead atoms. The van der Waals surface area contributed by atoms with Crippen LogP contribution >= 0.6 is 0 Å². The Kier molecular flexibility index (Phi) is 5.20. The number of aliphatic hydroxyl groups excluding tert-OH is 1. The summed E-state index contributed by atoms with van der Waals surface area (Å²) in [5.41, 5.74) is -0.0871. The molecule has 1 aromatic carbocycles. The monoisotopic (exact) mass is 394 g/mol. The van der Waals surface area contributed by atoms with Crippen molar-refractivity contribution in [2.24, 2.45) is 13.0 Å². The minimum absolute atomic E-state index is 0.0144. The Labute approximate surface area is 157 Å². The molecule has 0 radical (unpaired) electrons. The first-order valence-corrected chi connectivity index (χ1v) is 10.5. The second-order valence-electron chi connectivity index (χ2n) is 6.82. The van der Waals surface area contributed by atoms with Gasteiger partial charge in [-0.1, -0.05) is 6.07 Å². The van der Waals surface area contributed by atoms with Crippen LogP contribution in [0, 0.1) is 16.0 Å². The van der Waals surface area contributed by atoms with E-state index < -0.39 is 20.9 Å². The highest BCUT2D eigenvalue weighted by molar-refractivity contribution is 7.90. The van der Waals surface area contributed by atoms with Crippen LogP contribution in [0.2, 0.25) is 0 Å². The van der Waals surface area contributed by atoms with Crippen LogP contribution < -0.4 is 4.90 Å². The van der Waals surface area contributed by atoms with Crippen molar-refractivity contribution < 1.29 is 18.4 Å². The molecule has 3 rings (SSSR count). The molecule has 1 atom stereocenters. The predicted octanol–water partition coefficient (Wildman–Crippen LogP) is 1.68. The third kappa shape index (κ3) is 3.81. The first-order chi connectivity index (χ1) is 12.7. The fourth-order valence-electron chi connectivity index (χ4n) is 3.58.